The third-order valence-electron chi connectivity index (χ3n) is 1.26. The van der Waals surface area contributed by atoms with E-state index >= 15 is 0 Å². The Labute approximate surface area is 57.7 Å². The molecule has 1 atom stereocenters. The summed E-state index contributed by atoms with van der Waals surface area (Å²) in [6.07, 6.45) is 3.58. The van der Waals surface area contributed by atoms with Crippen LogP contribution in [0.25, 0.3) is 0 Å². The first-order valence-electron chi connectivity index (χ1n) is 3.33. The van der Waals surface area contributed by atoms with Gasteiger partial charge >= 0.3 is 0 Å². The lowest BCUT2D eigenvalue weighted by Crippen LogP contribution is -2.01. The first kappa shape index (κ1) is 8.70. The lowest BCUT2D eigenvalue weighted by atomic mass is 10.2. The Hall–Kier alpha value is -0.300. The van der Waals surface area contributed by atoms with Crippen LogP contribution in [-0.2, 0) is 4.74 Å². The number of hydrogen-bond donors (Lipinski definition) is 0. The van der Waals surface area contributed by atoms with Gasteiger partial charge in [-0.1, -0.05) is 11.6 Å². The highest BCUT2D eigenvalue weighted by Gasteiger charge is 1.93. The van der Waals surface area contributed by atoms with E-state index in [1.54, 1.807) is 7.11 Å². The predicted molar refractivity (Wildman–Crippen MR) is 40.5 cm³/mol. The minimum atomic E-state index is 0.361. The first-order valence-corrected chi connectivity index (χ1v) is 3.33. The van der Waals surface area contributed by atoms with Crippen LogP contribution >= 0.6 is 0 Å². The molecule has 0 aliphatic heterocycles. The quantitative estimate of drug-likeness (QED) is 0.530. The number of rotatable bonds is 3. The van der Waals surface area contributed by atoms with Crippen molar-refractivity contribution in [3.05, 3.63) is 11.6 Å². The summed E-state index contributed by atoms with van der Waals surface area (Å²) in [4.78, 5) is 0. The SMILES string of the molecule is COC(C)CC=C(C)C. The summed E-state index contributed by atoms with van der Waals surface area (Å²) >= 11 is 0. The zero-order valence-corrected chi connectivity index (χ0v) is 6.77. The van der Waals surface area contributed by atoms with E-state index in [1.165, 1.54) is 5.57 Å². The van der Waals surface area contributed by atoms with E-state index in [2.05, 4.69) is 26.8 Å². The molecule has 0 aliphatic carbocycles. The monoisotopic (exact) mass is 128 g/mol. The Morgan fingerprint density at radius 2 is 2.11 bits per heavy atom. The fourth-order valence-electron chi connectivity index (χ4n) is 0.498. The maximum Gasteiger partial charge on any atom is 0.0577 e. The largest absolute Gasteiger partial charge is 0.381 e. The van der Waals surface area contributed by atoms with Crippen molar-refractivity contribution >= 4 is 0 Å². The Morgan fingerprint density at radius 1 is 1.56 bits per heavy atom. The Balaban J connectivity index is 3.37. The van der Waals surface area contributed by atoms with Gasteiger partial charge in [0.05, 0.1) is 6.10 Å². The second-order valence-electron chi connectivity index (χ2n) is 2.56. The average Bonchev–Trinajstić information content (AvgIpc) is 1.83. The average molecular weight is 128 g/mol. The van der Waals surface area contributed by atoms with Crippen molar-refractivity contribution in [2.45, 2.75) is 33.3 Å². The van der Waals surface area contributed by atoms with Crippen LogP contribution in [-0.4, -0.2) is 13.2 Å². The maximum atomic E-state index is 5.06. The molecule has 0 N–H and O–H groups in total. The third kappa shape index (κ3) is 5.57. The Morgan fingerprint density at radius 3 is 2.44 bits per heavy atom. The molecule has 1 unspecified atom stereocenters. The van der Waals surface area contributed by atoms with Crippen molar-refractivity contribution < 1.29 is 4.74 Å². The lowest BCUT2D eigenvalue weighted by molar-refractivity contribution is 0.121. The molecule has 0 aromatic heterocycles. The third-order valence-corrected chi connectivity index (χ3v) is 1.26. The van der Waals surface area contributed by atoms with Gasteiger partial charge in [-0.3, -0.25) is 0 Å². The van der Waals surface area contributed by atoms with Gasteiger partial charge in [0.1, 0.15) is 0 Å². The molecule has 0 amide bonds. The van der Waals surface area contributed by atoms with Crippen LogP contribution in [0, 0.1) is 0 Å². The summed E-state index contributed by atoms with van der Waals surface area (Å²) in [7, 11) is 1.74. The highest BCUT2D eigenvalue weighted by Crippen LogP contribution is 1.99. The zero-order chi connectivity index (χ0) is 7.28. The van der Waals surface area contributed by atoms with E-state index in [1.807, 2.05) is 0 Å². The van der Waals surface area contributed by atoms with Gasteiger partial charge in [0.2, 0.25) is 0 Å². The van der Waals surface area contributed by atoms with Gasteiger partial charge in [-0.2, -0.15) is 0 Å². The van der Waals surface area contributed by atoms with Gasteiger partial charge in [-0.15, -0.1) is 0 Å². The summed E-state index contributed by atoms with van der Waals surface area (Å²) in [6, 6.07) is 0. The number of allylic oxidation sites excluding steroid dienone is 1. The van der Waals surface area contributed by atoms with Gasteiger partial charge in [-0.05, 0) is 27.2 Å². The standard InChI is InChI=1S/C8H16O/c1-7(2)5-6-8(3)9-4/h5,8H,6H2,1-4H3. The molecule has 9 heavy (non-hydrogen) atoms. The fourth-order valence-corrected chi connectivity index (χ4v) is 0.498. The Kier molecular flexibility index (Phi) is 4.41. The molecule has 0 bridgehead atoms. The van der Waals surface area contributed by atoms with E-state index in [4.69, 9.17) is 4.74 Å². The normalized spacial score (nSPS) is 12.9. The van der Waals surface area contributed by atoms with E-state index in [-0.39, 0.29) is 0 Å². The molecule has 1 nitrogen and oxygen atoms in total. The molecule has 0 radical (unpaired) electrons. The van der Waals surface area contributed by atoms with Crippen LogP contribution in [0.4, 0.5) is 0 Å². The van der Waals surface area contributed by atoms with Crippen LogP contribution in [0.15, 0.2) is 11.6 Å². The number of hydrogen-bond acceptors (Lipinski definition) is 1. The molecule has 0 aliphatic rings. The molecule has 54 valence electrons. The van der Waals surface area contributed by atoms with E-state index in [9.17, 15) is 0 Å². The minimum Gasteiger partial charge on any atom is -0.381 e. The fraction of sp³-hybridized carbons (Fsp3) is 0.750. The van der Waals surface area contributed by atoms with E-state index in [0.717, 1.165) is 6.42 Å². The van der Waals surface area contributed by atoms with Gasteiger partial charge in [0.15, 0.2) is 0 Å². The molecular weight excluding hydrogens is 112 g/mol. The summed E-state index contributed by atoms with van der Waals surface area (Å²) in [6.45, 7) is 6.27. The topological polar surface area (TPSA) is 9.23 Å². The van der Waals surface area contributed by atoms with E-state index in [0.29, 0.717) is 6.10 Å². The van der Waals surface area contributed by atoms with E-state index < -0.39 is 0 Å². The minimum absolute atomic E-state index is 0.361. The van der Waals surface area contributed by atoms with Crippen molar-refractivity contribution in [3.8, 4) is 0 Å². The molecule has 0 saturated carbocycles. The van der Waals surface area contributed by atoms with Crippen molar-refractivity contribution in [2.24, 2.45) is 0 Å². The van der Waals surface area contributed by atoms with Crippen molar-refractivity contribution in [1.82, 2.24) is 0 Å². The van der Waals surface area contributed by atoms with Gasteiger partial charge in [0, 0.05) is 7.11 Å². The molecule has 0 aromatic carbocycles. The molecular formula is C8H16O. The van der Waals surface area contributed by atoms with Crippen LogP contribution in [0.5, 0.6) is 0 Å². The van der Waals surface area contributed by atoms with Crippen molar-refractivity contribution in [2.75, 3.05) is 7.11 Å². The van der Waals surface area contributed by atoms with Crippen molar-refractivity contribution in [1.29, 1.82) is 0 Å². The Bertz CT molecular complexity index is 90.7. The summed E-state index contributed by atoms with van der Waals surface area (Å²) in [5, 5.41) is 0. The smallest absolute Gasteiger partial charge is 0.0577 e. The van der Waals surface area contributed by atoms with Gasteiger partial charge in [-0.25, -0.2) is 0 Å². The molecule has 0 saturated heterocycles. The molecule has 0 spiro atoms. The number of ether oxygens (including phenoxy) is 1. The summed E-state index contributed by atoms with van der Waals surface area (Å²) < 4.78 is 5.06. The second-order valence-corrected chi connectivity index (χ2v) is 2.56. The highest BCUT2D eigenvalue weighted by molar-refractivity contribution is 4.93. The molecule has 0 aromatic rings. The van der Waals surface area contributed by atoms with Crippen LogP contribution in [0.1, 0.15) is 27.2 Å². The highest BCUT2D eigenvalue weighted by atomic mass is 16.5. The lowest BCUT2D eigenvalue weighted by Gasteiger charge is -2.04. The summed E-state index contributed by atoms with van der Waals surface area (Å²) in [5.74, 6) is 0. The zero-order valence-electron chi connectivity index (χ0n) is 6.77. The van der Waals surface area contributed by atoms with Gasteiger partial charge in [0.25, 0.3) is 0 Å². The number of methoxy groups -OCH3 is 1. The maximum absolute atomic E-state index is 5.06. The molecule has 0 heterocycles. The van der Waals surface area contributed by atoms with Crippen LogP contribution < -0.4 is 0 Å². The molecule has 0 fully saturated rings. The van der Waals surface area contributed by atoms with Gasteiger partial charge < -0.3 is 4.74 Å². The predicted octanol–water partition coefficient (Wildman–Crippen LogP) is 2.38. The second kappa shape index (κ2) is 4.57. The summed E-state index contributed by atoms with van der Waals surface area (Å²) in [5.41, 5.74) is 1.36. The van der Waals surface area contributed by atoms with Crippen LogP contribution in [0.3, 0.4) is 0 Å². The first-order chi connectivity index (χ1) is 4.16. The molecule has 0 rings (SSSR count). The van der Waals surface area contributed by atoms with Crippen molar-refractivity contribution in [3.63, 3.8) is 0 Å². The van der Waals surface area contributed by atoms with Crippen LogP contribution in [0.2, 0.25) is 0 Å². The molecule has 1 heteroatoms.